The van der Waals surface area contributed by atoms with E-state index in [2.05, 4.69) is 21.1 Å². The summed E-state index contributed by atoms with van der Waals surface area (Å²) in [6.45, 7) is 3.14. The average Bonchev–Trinajstić information content (AvgIpc) is 3.18. The van der Waals surface area contributed by atoms with Gasteiger partial charge in [-0.2, -0.15) is 4.98 Å². The summed E-state index contributed by atoms with van der Waals surface area (Å²) in [4.78, 5) is 8.67. The first-order valence-electron chi connectivity index (χ1n) is 8.47. The first kappa shape index (κ1) is 16.4. The number of ether oxygens (including phenoxy) is 1. The predicted molar refractivity (Wildman–Crippen MR) is 97.1 cm³/mol. The first-order valence-corrected chi connectivity index (χ1v) is 8.47. The number of rotatable bonds is 4. The second kappa shape index (κ2) is 7.03. The number of aromatic nitrogens is 2. The Balaban J connectivity index is 1.44. The Morgan fingerprint density at radius 1 is 1.00 bits per heavy atom. The summed E-state index contributed by atoms with van der Waals surface area (Å²) in [5, 5.41) is 3.92. The highest BCUT2D eigenvalue weighted by atomic mass is 19.1. The third-order valence-corrected chi connectivity index (χ3v) is 4.50. The number of hydrogen-bond donors (Lipinski definition) is 0. The van der Waals surface area contributed by atoms with E-state index in [0.717, 1.165) is 37.6 Å². The number of methoxy groups -OCH3 is 1. The lowest BCUT2D eigenvalue weighted by Gasteiger charge is -2.35. The molecule has 0 saturated carbocycles. The van der Waals surface area contributed by atoms with E-state index in [0.29, 0.717) is 11.6 Å². The highest BCUT2D eigenvalue weighted by Gasteiger charge is 2.22. The molecule has 26 heavy (non-hydrogen) atoms. The van der Waals surface area contributed by atoms with Gasteiger partial charge >= 0.3 is 6.01 Å². The quantitative estimate of drug-likeness (QED) is 0.717. The highest BCUT2D eigenvalue weighted by Crippen LogP contribution is 2.25. The molecule has 0 amide bonds. The van der Waals surface area contributed by atoms with Crippen LogP contribution < -0.4 is 14.5 Å². The lowest BCUT2D eigenvalue weighted by molar-refractivity contribution is 0.408. The maximum absolute atomic E-state index is 13.9. The van der Waals surface area contributed by atoms with Crippen molar-refractivity contribution in [3.05, 3.63) is 54.3 Å². The SMILES string of the molecule is COc1cccc(N2CCN(c3nc(-c4ccccc4F)no3)CC2)c1. The summed E-state index contributed by atoms with van der Waals surface area (Å²) in [5.74, 6) is 0.757. The predicted octanol–water partition coefficient (Wildman–Crippen LogP) is 3.21. The second-order valence-corrected chi connectivity index (χ2v) is 6.06. The van der Waals surface area contributed by atoms with Crippen LogP contribution in [-0.2, 0) is 0 Å². The van der Waals surface area contributed by atoms with Crippen LogP contribution in [0.1, 0.15) is 0 Å². The maximum atomic E-state index is 13.9. The molecule has 0 unspecified atom stereocenters. The zero-order valence-corrected chi connectivity index (χ0v) is 14.4. The molecular formula is C19H19FN4O2. The number of piperazine rings is 1. The molecule has 1 aliphatic rings. The van der Waals surface area contributed by atoms with Gasteiger partial charge in [0.1, 0.15) is 11.6 Å². The summed E-state index contributed by atoms with van der Waals surface area (Å²) in [5.41, 5.74) is 1.47. The standard InChI is InChI=1S/C19H19FN4O2/c1-25-15-6-4-5-14(13-15)23-9-11-24(12-10-23)19-21-18(22-26-19)16-7-2-3-8-17(16)20/h2-8,13H,9-12H2,1H3. The largest absolute Gasteiger partial charge is 0.497 e. The lowest BCUT2D eigenvalue weighted by Crippen LogP contribution is -2.46. The van der Waals surface area contributed by atoms with E-state index in [1.165, 1.54) is 6.07 Å². The van der Waals surface area contributed by atoms with E-state index in [1.807, 2.05) is 23.1 Å². The molecule has 134 valence electrons. The molecule has 2 aromatic carbocycles. The molecule has 1 fully saturated rings. The minimum absolute atomic E-state index is 0.272. The molecule has 6 nitrogen and oxygen atoms in total. The molecule has 0 radical (unpaired) electrons. The van der Waals surface area contributed by atoms with Crippen molar-refractivity contribution in [2.24, 2.45) is 0 Å². The van der Waals surface area contributed by atoms with Gasteiger partial charge in [-0.25, -0.2) is 4.39 Å². The van der Waals surface area contributed by atoms with Gasteiger partial charge < -0.3 is 19.1 Å². The van der Waals surface area contributed by atoms with Gasteiger partial charge in [-0.3, -0.25) is 0 Å². The fourth-order valence-corrected chi connectivity index (χ4v) is 3.06. The van der Waals surface area contributed by atoms with Crippen molar-refractivity contribution in [1.29, 1.82) is 0 Å². The Bertz CT molecular complexity index is 891. The third kappa shape index (κ3) is 3.20. The van der Waals surface area contributed by atoms with E-state index in [9.17, 15) is 4.39 Å². The van der Waals surface area contributed by atoms with Crippen LogP contribution in [0.2, 0.25) is 0 Å². The van der Waals surface area contributed by atoms with Crippen molar-refractivity contribution in [1.82, 2.24) is 10.1 Å². The average molecular weight is 354 g/mol. The molecule has 3 aromatic rings. The van der Waals surface area contributed by atoms with Crippen molar-refractivity contribution in [2.45, 2.75) is 0 Å². The Hall–Kier alpha value is -3.09. The molecule has 7 heteroatoms. The van der Waals surface area contributed by atoms with Gasteiger partial charge in [-0.15, -0.1) is 0 Å². The molecular weight excluding hydrogens is 335 g/mol. The second-order valence-electron chi connectivity index (χ2n) is 6.06. The fraction of sp³-hybridized carbons (Fsp3) is 0.263. The smallest absolute Gasteiger partial charge is 0.324 e. The number of anilines is 2. The van der Waals surface area contributed by atoms with Crippen molar-refractivity contribution in [3.8, 4) is 17.1 Å². The van der Waals surface area contributed by atoms with E-state index < -0.39 is 0 Å². The first-order chi connectivity index (χ1) is 12.7. The van der Waals surface area contributed by atoms with Crippen LogP contribution in [0.3, 0.4) is 0 Å². The zero-order chi connectivity index (χ0) is 17.9. The van der Waals surface area contributed by atoms with Gasteiger partial charge in [0, 0.05) is 37.9 Å². The van der Waals surface area contributed by atoms with Crippen LogP contribution in [0.25, 0.3) is 11.4 Å². The molecule has 2 heterocycles. The van der Waals surface area contributed by atoms with Crippen LogP contribution >= 0.6 is 0 Å². The maximum Gasteiger partial charge on any atom is 0.324 e. The summed E-state index contributed by atoms with van der Waals surface area (Å²) in [6, 6.07) is 14.9. The van der Waals surface area contributed by atoms with Gasteiger partial charge in [-0.05, 0) is 24.3 Å². The molecule has 0 atom stereocenters. The van der Waals surface area contributed by atoms with Crippen molar-refractivity contribution in [3.63, 3.8) is 0 Å². The van der Waals surface area contributed by atoms with Gasteiger partial charge in [0.05, 0.1) is 12.7 Å². The van der Waals surface area contributed by atoms with Gasteiger partial charge in [0.2, 0.25) is 5.82 Å². The van der Waals surface area contributed by atoms with E-state index in [-0.39, 0.29) is 11.6 Å². The van der Waals surface area contributed by atoms with Gasteiger partial charge in [0.15, 0.2) is 0 Å². The Morgan fingerprint density at radius 2 is 1.77 bits per heavy atom. The van der Waals surface area contributed by atoms with Crippen LogP contribution in [0.5, 0.6) is 5.75 Å². The van der Waals surface area contributed by atoms with Gasteiger partial charge in [-0.1, -0.05) is 23.4 Å². The number of hydrogen-bond acceptors (Lipinski definition) is 6. The van der Waals surface area contributed by atoms with Crippen LogP contribution in [0.15, 0.2) is 53.1 Å². The Morgan fingerprint density at radius 3 is 2.54 bits per heavy atom. The summed E-state index contributed by atoms with van der Waals surface area (Å²) in [7, 11) is 1.67. The van der Waals surface area contributed by atoms with Crippen LogP contribution in [-0.4, -0.2) is 43.4 Å². The minimum atomic E-state index is -0.359. The number of halogens is 1. The van der Waals surface area contributed by atoms with Gasteiger partial charge in [0.25, 0.3) is 0 Å². The molecule has 4 rings (SSSR count). The van der Waals surface area contributed by atoms with E-state index in [4.69, 9.17) is 9.26 Å². The Kier molecular flexibility index (Phi) is 4.43. The lowest BCUT2D eigenvalue weighted by atomic mass is 10.2. The summed E-state index contributed by atoms with van der Waals surface area (Å²) in [6.07, 6.45) is 0. The number of nitrogens with zero attached hydrogens (tertiary/aromatic N) is 4. The molecule has 1 aliphatic heterocycles. The van der Waals surface area contributed by atoms with E-state index >= 15 is 0 Å². The monoisotopic (exact) mass is 354 g/mol. The number of benzene rings is 2. The molecule has 0 bridgehead atoms. The zero-order valence-electron chi connectivity index (χ0n) is 14.4. The van der Waals surface area contributed by atoms with Crippen LogP contribution in [0.4, 0.5) is 16.1 Å². The Labute approximate surface area is 150 Å². The molecule has 0 spiro atoms. The van der Waals surface area contributed by atoms with E-state index in [1.54, 1.807) is 25.3 Å². The highest BCUT2D eigenvalue weighted by molar-refractivity contribution is 5.57. The molecule has 0 N–H and O–H groups in total. The fourth-order valence-electron chi connectivity index (χ4n) is 3.06. The van der Waals surface area contributed by atoms with Crippen LogP contribution in [0, 0.1) is 5.82 Å². The minimum Gasteiger partial charge on any atom is -0.497 e. The third-order valence-electron chi connectivity index (χ3n) is 4.50. The molecule has 1 aromatic heterocycles. The van der Waals surface area contributed by atoms with Crippen molar-refractivity contribution < 1.29 is 13.7 Å². The summed E-state index contributed by atoms with van der Waals surface area (Å²) >= 11 is 0. The normalized spacial score (nSPS) is 14.5. The topological polar surface area (TPSA) is 54.6 Å². The van der Waals surface area contributed by atoms with Crippen molar-refractivity contribution in [2.75, 3.05) is 43.1 Å². The molecule has 1 saturated heterocycles. The molecule has 0 aliphatic carbocycles. The van der Waals surface area contributed by atoms with Crippen molar-refractivity contribution >= 4 is 11.7 Å². The summed E-state index contributed by atoms with van der Waals surface area (Å²) < 4.78 is 24.5.